The summed E-state index contributed by atoms with van der Waals surface area (Å²) in [5.74, 6) is 0.707. The molecular formula is C19H16F2N4O4. The molecule has 1 N–H and O–H groups in total. The normalized spacial score (nSPS) is 13.9. The third kappa shape index (κ3) is 3.96. The van der Waals surface area contributed by atoms with E-state index < -0.39 is 6.29 Å². The minimum absolute atomic E-state index is 0.0129. The number of halogens is 2. The van der Waals surface area contributed by atoms with Crippen molar-refractivity contribution < 1.29 is 27.7 Å². The molecule has 0 spiro atoms. The molecule has 0 saturated heterocycles. The number of alkyl halides is 2. The number of fused-ring (bicyclic) bond motifs is 1. The lowest BCUT2D eigenvalue weighted by Gasteiger charge is -2.09. The van der Waals surface area contributed by atoms with Crippen molar-refractivity contribution in [2.75, 3.05) is 19.0 Å². The Hall–Kier alpha value is -3.69. The van der Waals surface area contributed by atoms with Crippen molar-refractivity contribution in [2.24, 2.45) is 0 Å². The van der Waals surface area contributed by atoms with Gasteiger partial charge in [0.05, 0.1) is 12.8 Å². The molecular weight excluding hydrogens is 386 g/mol. The van der Waals surface area contributed by atoms with Crippen LogP contribution in [0.3, 0.4) is 0 Å². The van der Waals surface area contributed by atoms with Gasteiger partial charge in [-0.1, -0.05) is 6.07 Å². The summed E-state index contributed by atoms with van der Waals surface area (Å²) in [6, 6.07) is 9.68. The number of benzene rings is 1. The maximum atomic E-state index is 13.1. The average molecular weight is 402 g/mol. The Labute approximate surface area is 164 Å². The molecule has 0 atom stereocenters. The van der Waals surface area contributed by atoms with Gasteiger partial charge in [-0.3, -0.25) is 0 Å². The highest BCUT2D eigenvalue weighted by Crippen LogP contribution is 2.41. The van der Waals surface area contributed by atoms with Gasteiger partial charge < -0.3 is 24.7 Å². The largest absolute Gasteiger partial charge is 0.616 e. The van der Waals surface area contributed by atoms with E-state index in [1.54, 1.807) is 24.3 Å². The Balaban J connectivity index is 1.43. The highest BCUT2D eigenvalue weighted by Gasteiger charge is 2.43. The minimum Gasteiger partial charge on any atom is -0.616 e. The van der Waals surface area contributed by atoms with Crippen LogP contribution in [0.4, 0.5) is 14.6 Å². The van der Waals surface area contributed by atoms with Crippen molar-refractivity contribution in [1.29, 1.82) is 0 Å². The van der Waals surface area contributed by atoms with E-state index >= 15 is 0 Å². The van der Waals surface area contributed by atoms with E-state index in [4.69, 9.17) is 4.74 Å². The lowest BCUT2D eigenvalue weighted by Crippen LogP contribution is -2.28. The number of ether oxygens (including phenoxy) is 3. The van der Waals surface area contributed by atoms with Crippen molar-refractivity contribution in [1.82, 2.24) is 9.97 Å². The third-order valence-corrected chi connectivity index (χ3v) is 4.24. The Kier molecular flexibility index (Phi) is 4.75. The molecule has 8 nitrogen and oxygen atoms in total. The van der Waals surface area contributed by atoms with Gasteiger partial charge in [-0.05, 0) is 30.2 Å². The number of pyridine rings is 1. The molecule has 1 aromatic carbocycles. The fraction of sp³-hybridized carbons (Fsp3) is 0.211. The second-order valence-electron chi connectivity index (χ2n) is 6.17. The Morgan fingerprint density at radius 1 is 1.17 bits per heavy atom. The number of rotatable bonds is 6. The van der Waals surface area contributed by atoms with Gasteiger partial charge >= 0.3 is 12.2 Å². The number of anilines is 1. The summed E-state index contributed by atoms with van der Waals surface area (Å²) in [4.78, 5) is 8.35. The van der Waals surface area contributed by atoms with Gasteiger partial charge in [0.1, 0.15) is 17.7 Å². The maximum absolute atomic E-state index is 13.1. The van der Waals surface area contributed by atoms with Crippen LogP contribution in [0.25, 0.3) is 11.3 Å². The predicted molar refractivity (Wildman–Crippen MR) is 97.8 cm³/mol. The molecule has 0 saturated carbocycles. The van der Waals surface area contributed by atoms with Crippen LogP contribution in [0.5, 0.6) is 17.4 Å². The summed E-state index contributed by atoms with van der Waals surface area (Å²) >= 11 is 0. The lowest BCUT2D eigenvalue weighted by atomic mass is 10.1. The Morgan fingerprint density at radius 3 is 2.83 bits per heavy atom. The number of methoxy groups -OCH3 is 1. The molecule has 0 radical (unpaired) electrons. The van der Waals surface area contributed by atoms with Crippen LogP contribution in [-0.4, -0.2) is 29.9 Å². The maximum Gasteiger partial charge on any atom is 0.586 e. The first-order valence-electron chi connectivity index (χ1n) is 8.66. The Morgan fingerprint density at radius 2 is 2.00 bits per heavy atom. The molecule has 2 aromatic heterocycles. The van der Waals surface area contributed by atoms with Crippen molar-refractivity contribution in [3.8, 4) is 28.6 Å². The summed E-state index contributed by atoms with van der Waals surface area (Å²) < 4.78 is 40.8. The topological polar surface area (TPSA) is 92.4 Å². The molecule has 0 unspecified atom stereocenters. The smallest absolute Gasteiger partial charge is 0.586 e. The molecule has 0 aliphatic carbocycles. The average Bonchev–Trinajstić information content (AvgIpc) is 3.01. The van der Waals surface area contributed by atoms with E-state index in [1.165, 1.54) is 31.8 Å². The van der Waals surface area contributed by atoms with Gasteiger partial charge in [-0.25, -0.2) is 9.97 Å². The van der Waals surface area contributed by atoms with Crippen LogP contribution in [0, 0.1) is 5.21 Å². The van der Waals surface area contributed by atoms with Crippen molar-refractivity contribution in [3.05, 3.63) is 59.7 Å². The highest BCUT2D eigenvalue weighted by atomic mass is 19.3. The molecule has 1 aliphatic rings. The predicted octanol–water partition coefficient (Wildman–Crippen LogP) is 2.76. The third-order valence-electron chi connectivity index (χ3n) is 4.24. The zero-order chi connectivity index (χ0) is 20.4. The molecule has 1 aliphatic heterocycles. The Bertz CT molecular complexity index is 1050. The first kappa shape index (κ1) is 18.7. The quantitative estimate of drug-likeness (QED) is 0.501. The zero-order valence-electron chi connectivity index (χ0n) is 15.3. The van der Waals surface area contributed by atoms with E-state index in [0.717, 1.165) is 5.56 Å². The van der Waals surface area contributed by atoms with Gasteiger partial charge in [-0.2, -0.15) is 0 Å². The number of hydrogen-bond donors (Lipinski definition) is 1. The monoisotopic (exact) mass is 402 g/mol. The van der Waals surface area contributed by atoms with Gasteiger partial charge in [0.15, 0.2) is 17.7 Å². The first-order chi connectivity index (χ1) is 13.9. The number of nitrogens with zero attached hydrogens (tertiary/aromatic N) is 3. The minimum atomic E-state index is -3.63. The fourth-order valence-corrected chi connectivity index (χ4v) is 2.96. The van der Waals surface area contributed by atoms with Gasteiger partial charge in [0.2, 0.25) is 0 Å². The second-order valence-corrected chi connectivity index (χ2v) is 6.17. The number of nitrogens with one attached hydrogen (secondary N) is 1. The SMILES string of the molecule is COc1c(-c2cc(NCCc3ccc4c(c3)OC(F)(F)O4)ncn2)ccc[n+]1[O-]. The molecule has 150 valence electrons. The number of hydrogen-bond acceptors (Lipinski definition) is 7. The molecule has 29 heavy (non-hydrogen) atoms. The zero-order valence-corrected chi connectivity index (χ0v) is 15.3. The summed E-state index contributed by atoms with van der Waals surface area (Å²) in [5, 5.41) is 15.0. The fourth-order valence-electron chi connectivity index (χ4n) is 2.96. The molecule has 3 aromatic rings. The van der Waals surface area contributed by atoms with Gasteiger partial charge in [0, 0.05) is 18.7 Å². The van der Waals surface area contributed by atoms with Crippen LogP contribution in [-0.2, 0) is 6.42 Å². The molecule has 4 rings (SSSR count). The van der Waals surface area contributed by atoms with Crippen LogP contribution in [0.15, 0.2) is 48.9 Å². The second kappa shape index (κ2) is 7.38. The van der Waals surface area contributed by atoms with Crippen LogP contribution >= 0.6 is 0 Å². The molecule has 0 amide bonds. The number of aromatic nitrogens is 3. The van der Waals surface area contributed by atoms with Crippen LogP contribution < -0.4 is 24.3 Å². The molecule has 10 heteroatoms. The van der Waals surface area contributed by atoms with Crippen molar-refractivity contribution in [3.63, 3.8) is 0 Å². The van der Waals surface area contributed by atoms with Crippen LogP contribution in [0.2, 0.25) is 0 Å². The highest BCUT2D eigenvalue weighted by molar-refractivity contribution is 5.65. The van der Waals surface area contributed by atoms with Crippen LogP contribution in [0.1, 0.15) is 5.56 Å². The van der Waals surface area contributed by atoms with Crippen molar-refractivity contribution >= 4 is 5.82 Å². The van der Waals surface area contributed by atoms with E-state index in [1.807, 2.05) is 0 Å². The summed E-state index contributed by atoms with van der Waals surface area (Å²) in [5.41, 5.74) is 1.85. The van der Waals surface area contributed by atoms with Gasteiger partial charge in [0.25, 0.3) is 0 Å². The summed E-state index contributed by atoms with van der Waals surface area (Å²) in [7, 11) is 1.41. The van der Waals surface area contributed by atoms with Crippen molar-refractivity contribution in [2.45, 2.75) is 12.7 Å². The molecule has 3 heterocycles. The van der Waals surface area contributed by atoms with E-state index in [0.29, 0.717) is 34.8 Å². The van der Waals surface area contributed by atoms with Gasteiger partial charge in [-0.15, -0.1) is 13.5 Å². The van der Waals surface area contributed by atoms with E-state index in [-0.39, 0.29) is 17.4 Å². The summed E-state index contributed by atoms with van der Waals surface area (Å²) in [6.45, 7) is 0.486. The van der Waals surface area contributed by atoms with E-state index in [9.17, 15) is 14.0 Å². The molecule has 0 fully saturated rings. The first-order valence-corrected chi connectivity index (χ1v) is 8.66. The molecule has 0 bridgehead atoms. The van der Waals surface area contributed by atoms with E-state index in [2.05, 4.69) is 24.8 Å². The summed E-state index contributed by atoms with van der Waals surface area (Å²) in [6.07, 6.45) is -0.375. The standard InChI is InChI=1S/C19H16F2N4O4/c1-27-18-13(3-2-8-25(18)26)14-10-17(24-11-23-14)22-7-6-12-4-5-15-16(9-12)29-19(20,21)28-15/h2-5,8-11H,6-7H2,1H3,(H,22,23,24). The lowest BCUT2D eigenvalue weighted by molar-refractivity contribution is -0.611.